The van der Waals surface area contributed by atoms with Crippen molar-refractivity contribution in [1.82, 2.24) is 9.97 Å². The first-order valence-electron chi connectivity index (χ1n) is 5.92. The summed E-state index contributed by atoms with van der Waals surface area (Å²) >= 11 is 0. The number of halogens is 1. The summed E-state index contributed by atoms with van der Waals surface area (Å²) in [5.41, 5.74) is 0.688. The summed E-state index contributed by atoms with van der Waals surface area (Å²) in [6.07, 6.45) is 3.05. The molecule has 1 fully saturated rings. The third-order valence-corrected chi connectivity index (χ3v) is 3.11. The molecule has 0 amide bonds. The number of para-hydroxylation sites is 1. The van der Waals surface area contributed by atoms with Gasteiger partial charge in [-0.3, -0.25) is 4.79 Å². The molecule has 0 saturated carbocycles. The van der Waals surface area contributed by atoms with Gasteiger partial charge in [0.1, 0.15) is 5.82 Å². The lowest BCUT2D eigenvalue weighted by molar-refractivity contribution is 0.110. The van der Waals surface area contributed by atoms with Crippen LogP contribution in [0, 0.1) is 0 Å². The van der Waals surface area contributed by atoms with Crippen LogP contribution in [-0.2, 0) is 11.2 Å². The quantitative estimate of drug-likeness (QED) is 0.905. The normalized spacial score (nSPS) is 18.8. The molecule has 1 N–H and O–H groups in total. The molecule has 1 aromatic carbocycles. The second-order valence-corrected chi connectivity index (χ2v) is 4.37. The van der Waals surface area contributed by atoms with Crippen molar-refractivity contribution < 1.29 is 4.74 Å². The first-order valence-corrected chi connectivity index (χ1v) is 5.92. The smallest absolute Gasteiger partial charge is 0.258 e. The van der Waals surface area contributed by atoms with E-state index >= 15 is 0 Å². The zero-order valence-corrected chi connectivity index (χ0v) is 10.7. The number of rotatable bonds is 2. The zero-order valence-electron chi connectivity index (χ0n) is 9.89. The fraction of sp³-hybridized carbons (Fsp3) is 0.385. The molecule has 96 valence electrons. The van der Waals surface area contributed by atoms with Crippen molar-refractivity contribution in [2.45, 2.75) is 25.4 Å². The molecule has 0 bridgehead atoms. The molecule has 4 nitrogen and oxygen atoms in total. The number of benzene rings is 1. The van der Waals surface area contributed by atoms with Gasteiger partial charge in [0.15, 0.2) is 0 Å². The Morgan fingerprint density at radius 1 is 1.39 bits per heavy atom. The zero-order chi connectivity index (χ0) is 11.7. The van der Waals surface area contributed by atoms with Crippen molar-refractivity contribution in [1.29, 1.82) is 0 Å². The van der Waals surface area contributed by atoms with Gasteiger partial charge in [-0.2, -0.15) is 0 Å². The topological polar surface area (TPSA) is 55.0 Å². The summed E-state index contributed by atoms with van der Waals surface area (Å²) in [6, 6.07) is 7.39. The molecule has 3 rings (SSSR count). The fourth-order valence-electron chi connectivity index (χ4n) is 2.25. The van der Waals surface area contributed by atoms with Gasteiger partial charge < -0.3 is 9.72 Å². The van der Waals surface area contributed by atoms with Gasteiger partial charge in [-0.1, -0.05) is 12.1 Å². The molecule has 0 spiro atoms. The van der Waals surface area contributed by atoms with E-state index in [1.165, 1.54) is 0 Å². The lowest BCUT2D eigenvalue weighted by atomic mass is 10.1. The van der Waals surface area contributed by atoms with Crippen LogP contribution in [0.15, 0.2) is 29.1 Å². The average Bonchev–Trinajstić information content (AvgIpc) is 2.82. The third kappa shape index (κ3) is 2.54. The second-order valence-electron chi connectivity index (χ2n) is 4.37. The Hall–Kier alpha value is -1.39. The lowest BCUT2D eigenvalue weighted by Crippen LogP contribution is -2.17. The average molecular weight is 267 g/mol. The summed E-state index contributed by atoms with van der Waals surface area (Å²) in [7, 11) is 0. The Bertz CT molecular complexity index is 591. The monoisotopic (exact) mass is 266 g/mol. The fourth-order valence-corrected chi connectivity index (χ4v) is 2.25. The molecule has 1 saturated heterocycles. The van der Waals surface area contributed by atoms with Crippen LogP contribution < -0.4 is 5.56 Å². The Kier molecular flexibility index (Phi) is 3.99. The SMILES string of the molecule is Cl.O=c1[nH]c(CC2CCCO2)nc2ccccc12. The van der Waals surface area contributed by atoms with Crippen LogP contribution in [0.25, 0.3) is 10.9 Å². The number of hydrogen-bond acceptors (Lipinski definition) is 3. The molecular formula is C13H15ClN2O2. The molecule has 2 heterocycles. The van der Waals surface area contributed by atoms with Gasteiger partial charge in [0.05, 0.1) is 17.0 Å². The van der Waals surface area contributed by atoms with Crippen molar-refractivity contribution in [3.05, 3.63) is 40.4 Å². The van der Waals surface area contributed by atoms with E-state index < -0.39 is 0 Å². The number of fused-ring (bicyclic) bond motifs is 1. The van der Waals surface area contributed by atoms with Crippen LogP contribution in [0.2, 0.25) is 0 Å². The largest absolute Gasteiger partial charge is 0.378 e. The van der Waals surface area contributed by atoms with Gasteiger partial charge in [0.2, 0.25) is 0 Å². The molecule has 1 aromatic heterocycles. The van der Waals surface area contributed by atoms with Gasteiger partial charge >= 0.3 is 0 Å². The predicted molar refractivity (Wildman–Crippen MR) is 72.3 cm³/mol. The Labute approximate surface area is 111 Å². The number of H-pyrrole nitrogens is 1. The van der Waals surface area contributed by atoms with Gasteiger partial charge in [-0.25, -0.2) is 4.98 Å². The summed E-state index contributed by atoms with van der Waals surface area (Å²) < 4.78 is 5.55. The highest BCUT2D eigenvalue weighted by Crippen LogP contribution is 2.15. The maximum atomic E-state index is 11.8. The van der Waals surface area contributed by atoms with Crippen LogP contribution in [0.1, 0.15) is 18.7 Å². The van der Waals surface area contributed by atoms with E-state index in [0.717, 1.165) is 30.8 Å². The first kappa shape index (κ1) is 13.1. The lowest BCUT2D eigenvalue weighted by Gasteiger charge is -2.08. The van der Waals surface area contributed by atoms with Crippen molar-refractivity contribution in [2.24, 2.45) is 0 Å². The number of hydrogen-bond donors (Lipinski definition) is 1. The number of ether oxygens (including phenoxy) is 1. The Balaban J connectivity index is 0.00000120. The highest BCUT2D eigenvalue weighted by molar-refractivity contribution is 5.85. The number of aromatic nitrogens is 2. The first-order chi connectivity index (χ1) is 8.33. The number of aromatic amines is 1. The van der Waals surface area contributed by atoms with E-state index in [-0.39, 0.29) is 24.1 Å². The van der Waals surface area contributed by atoms with E-state index in [1.807, 2.05) is 18.2 Å². The van der Waals surface area contributed by atoms with Gasteiger partial charge in [-0.15, -0.1) is 12.4 Å². The van der Waals surface area contributed by atoms with Crippen molar-refractivity contribution in [2.75, 3.05) is 6.61 Å². The molecule has 18 heavy (non-hydrogen) atoms. The molecule has 0 radical (unpaired) electrons. The van der Waals surface area contributed by atoms with Gasteiger partial charge in [-0.05, 0) is 25.0 Å². The van der Waals surface area contributed by atoms with Crippen LogP contribution in [0.3, 0.4) is 0 Å². The maximum Gasteiger partial charge on any atom is 0.258 e. The Morgan fingerprint density at radius 2 is 2.22 bits per heavy atom. The summed E-state index contributed by atoms with van der Waals surface area (Å²) in [5, 5.41) is 0.642. The van der Waals surface area contributed by atoms with E-state index in [0.29, 0.717) is 11.8 Å². The molecule has 2 aromatic rings. The minimum atomic E-state index is -0.0661. The van der Waals surface area contributed by atoms with Gasteiger partial charge in [0.25, 0.3) is 5.56 Å². The van der Waals surface area contributed by atoms with E-state index in [4.69, 9.17) is 4.74 Å². The minimum Gasteiger partial charge on any atom is -0.378 e. The predicted octanol–water partition coefficient (Wildman–Crippen LogP) is 2.07. The molecule has 5 heteroatoms. The second kappa shape index (κ2) is 5.50. The van der Waals surface area contributed by atoms with Crippen LogP contribution in [-0.4, -0.2) is 22.7 Å². The molecule has 1 aliphatic rings. The molecule has 0 aliphatic carbocycles. The van der Waals surface area contributed by atoms with Crippen molar-refractivity contribution in [3.8, 4) is 0 Å². The highest BCUT2D eigenvalue weighted by atomic mass is 35.5. The Morgan fingerprint density at radius 3 is 3.00 bits per heavy atom. The standard InChI is InChI=1S/C13H14N2O2.ClH/c16-13-10-5-1-2-6-11(10)14-12(15-13)8-9-4-3-7-17-9;/h1-2,5-6,9H,3-4,7-8H2,(H,14,15,16);1H. The minimum absolute atomic E-state index is 0. The van der Waals surface area contributed by atoms with Crippen molar-refractivity contribution in [3.63, 3.8) is 0 Å². The highest BCUT2D eigenvalue weighted by Gasteiger charge is 2.17. The number of nitrogens with one attached hydrogen (secondary N) is 1. The molecular weight excluding hydrogens is 252 g/mol. The molecule has 1 unspecified atom stereocenters. The van der Waals surface area contributed by atoms with E-state index in [9.17, 15) is 4.79 Å². The van der Waals surface area contributed by atoms with E-state index in [1.54, 1.807) is 6.07 Å². The molecule has 1 atom stereocenters. The van der Waals surface area contributed by atoms with E-state index in [2.05, 4.69) is 9.97 Å². The van der Waals surface area contributed by atoms with Gasteiger partial charge in [0, 0.05) is 13.0 Å². The maximum absolute atomic E-state index is 11.8. The van der Waals surface area contributed by atoms with Crippen molar-refractivity contribution >= 4 is 23.3 Å². The summed E-state index contributed by atoms with van der Waals surface area (Å²) in [4.78, 5) is 19.1. The number of nitrogens with zero attached hydrogens (tertiary/aromatic N) is 1. The third-order valence-electron chi connectivity index (χ3n) is 3.11. The summed E-state index contributed by atoms with van der Waals surface area (Å²) in [5.74, 6) is 0.723. The molecule has 1 aliphatic heterocycles. The summed E-state index contributed by atoms with van der Waals surface area (Å²) in [6.45, 7) is 0.822. The van der Waals surface area contributed by atoms with Crippen LogP contribution >= 0.6 is 12.4 Å². The van der Waals surface area contributed by atoms with Crippen LogP contribution in [0.4, 0.5) is 0 Å². The van der Waals surface area contributed by atoms with Crippen LogP contribution in [0.5, 0.6) is 0 Å².